The Labute approximate surface area is 190 Å². The Balaban J connectivity index is 2.22. The Kier molecular flexibility index (Phi) is 6.35. The highest BCUT2D eigenvalue weighted by Gasteiger charge is 2.23. The molecule has 146 valence electrons. The van der Waals surface area contributed by atoms with Gasteiger partial charge in [-0.1, -0.05) is 93.9 Å². The minimum Gasteiger partial charge on any atom is -0.382 e. The maximum atomic E-state index is 7.93. The van der Waals surface area contributed by atoms with Gasteiger partial charge in [0.05, 0.1) is 21.6 Å². The number of hydrogen-bond donors (Lipinski definition) is 2. The van der Waals surface area contributed by atoms with Crippen LogP contribution in [0.15, 0.2) is 36.4 Å². The molecular weight excluding hydrogens is 487 g/mol. The van der Waals surface area contributed by atoms with Crippen LogP contribution in [0.1, 0.15) is 0 Å². The quantitative estimate of drug-likeness (QED) is 0.344. The summed E-state index contributed by atoms with van der Waals surface area (Å²) in [7, 11) is 0. The summed E-state index contributed by atoms with van der Waals surface area (Å²) in [4.78, 5) is 4.01. The second-order valence-corrected chi connectivity index (χ2v) is 9.45. The molecule has 0 atom stereocenters. The lowest BCUT2D eigenvalue weighted by Crippen LogP contribution is -2.32. The van der Waals surface area contributed by atoms with E-state index >= 15 is 0 Å². The maximum Gasteiger partial charge on any atom is 0.240 e. The van der Waals surface area contributed by atoms with Gasteiger partial charge in [-0.05, 0) is 23.3 Å². The van der Waals surface area contributed by atoms with Crippen LogP contribution in [0.5, 0.6) is 0 Å². The Morgan fingerprint density at radius 1 is 1.00 bits per heavy atom. The lowest BCUT2D eigenvalue weighted by molar-refractivity contribution is 0.554. The molecule has 11 heteroatoms. The van der Waals surface area contributed by atoms with E-state index in [0.29, 0.717) is 26.9 Å². The van der Waals surface area contributed by atoms with Crippen LogP contribution in [0.3, 0.4) is 0 Å². The number of benzene rings is 2. The highest BCUT2D eigenvalue weighted by Crippen LogP contribution is 2.39. The highest BCUT2D eigenvalue weighted by atomic mass is 35.6. The van der Waals surface area contributed by atoms with Crippen LogP contribution in [0.4, 0.5) is 5.82 Å². The minimum absolute atomic E-state index is 0.0594. The van der Waals surface area contributed by atoms with Gasteiger partial charge in [0, 0.05) is 5.56 Å². The van der Waals surface area contributed by atoms with Gasteiger partial charge in [-0.3, -0.25) is 5.41 Å². The van der Waals surface area contributed by atoms with Crippen molar-refractivity contribution < 1.29 is 0 Å². The van der Waals surface area contributed by atoms with E-state index in [4.69, 9.17) is 80.7 Å². The molecule has 5 nitrogen and oxygen atoms in total. The summed E-state index contributed by atoms with van der Waals surface area (Å²) in [5.74, 6) is 0.0594. The first-order valence-electron chi connectivity index (χ1n) is 7.67. The molecular formula is C17H11Cl6N5. The normalized spacial score (nSPS) is 11.6. The van der Waals surface area contributed by atoms with Crippen molar-refractivity contribution in [3.05, 3.63) is 57.1 Å². The van der Waals surface area contributed by atoms with Crippen LogP contribution in [0.25, 0.3) is 22.4 Å². The van der Waals surface area contributed by atoms with Gasteiger partial charge >= 0.3 is 0 Å². The average Bonchev–Trinajstić information content (AvgIpc) is 2.60. The Morgan fingerprint density at radius 3 is 2.14 bits per heavy atom. The predicted octanol–water partition coefficient (Wildman–Crippen LogP) is 6.00. The Hall–Kier alpha value is -1.21. The Morgan fingerprint density at radius 2 is 1.57 bits per heavy atom. The predicted molar refractivity (Wildman–Crippen MR) is 116 cm³/mol. The van der Waals surface area contributed by atoms with Crippen molar-refractivity contribution in [1.29, 1.82) is 5.41 Å². The molecule has 0 spiro atoms. The first-order chi connectivity index (χ1) is 13.1. The summed E-state index contributed by atoms with van der Waals surface area (Å²) in [6, 6.07) is 10.7. The van der Waals surface area contributed by atoms with E-state index in [2.05, 4.69) is 10.1 Å². The summed E-state index contributed by atoms with van der Waals surface area (Å²) >= 11 is 35.9. The van der Waals surface area contributed by atoms with Crippen LogP contribution < -0.4 is 11.4 Å². The molecule has 0 amide bonds. The summed E-state index contributed by atoms with van der Waals surface area (Å²) in [5.41, 5.74) is 8.21. The molecule has 0 saturated carbocycles. The third-order valence-electron chi connectivity index (χ3n) is 3.74. The molecule has 0 unspecified atom stereocenters. The second kappa shape index (κ2) is 8.27. The van der Waals surface area contributed by atoms with E-state index in [1.165, 1.54) is 0 Å². The number of anilines is 1. The van der Waals surface area contributed by atoms with Crippen LogP contribution in [0.2, 0.25) is 15.1 Å². The molecule has 0 aliphatic carbocycles. The van der Waals surface area contributed by atoms with E-state index in [0.717, 1.165) is 10.2 Å². The second-order valence-electron chi connectivity index (χ2n) is 5.74. The van der Waals surface area contributed by atoms with Gasteiger partial charge in [0.15, 0.2) is 5.82 Å². The first kappa shape index (κ1) is 21.5. The fraction of sp³-hybridized carbons (Fsp3) is 0.118. The van der Waals surface area contributed by atoms with Crippen LogP contribution in [-0.2, 0) is 6.54 Å². The lowest BCUT2D eigenvalue weighted by Gasteiger charge is -2.16. The van der Waals surface area contributed by atoms with Gasteiger partial charge in [0.1, 0.15) is 5.69 Å². The minimum atomic E-state index is -1.65. The number of hydrogen-bond acceptors (Lipinski definition) is 4. The van der Waals surface area contributed by atoms with E-state index < -0.39 is 3.79 Å². The van der Waals surface area contributed by atoms with Crippen LogP contribution in [-0.4, -0.2) is 18.6 Å². The number of nitrogens with one attached hydrogen (secondary N) is 1. The molecule has 3 rings (SSSR count). The molecule has 3 N–H and O–H groups in total. The Bertz CT molecular complexity index is 1080. The van der Waals surface area contributed by atoms with Gasteiger partial charge in [-0.15, -0.1) is 0 Å². The fourth-order valence-corrected chi connectivity index (χ4v) is 3.50. The molecule has 0 bridgehead atoms. The van der Waals surface area contributed by atoms with Crippen molar-refractivity contribution in [2.45, 2.75) is 10.3 Å². The number of alkyl halides is 3. The number of nitrogens with two attached hydrogens (primary N) is 1. The standard InChI is InChI=1S/C17H11Cl6N5/c18-11-5-8(6-12(19)13(11)20)9-3-1-2-4-10(9)14-15(24)26-16(25)28(27-14)7-17(21,22)23/h1-6H,7H2,(H3,24,25,26). The molecule has 1 heterocycles. The zero-order chi connectivity index (χ0) is 20.6. The number of halogens is 6. The largest absolute Gasteiger partial charge is 0.382 e. The van der Waals surface area contributed by atoms with Crippen molar-refractivity contribution in [2.24, 2.45) is 0 Å². The molecule has 28 heavy (non-hydrogen) atoms. The lowest BCUT2D eigenvalue weighted by atomic mass is 9.97. The summed E-state index contributed by atoms with van der Waals surface area (Å²) in [6.45, 7) is -0.169. The zero-order valence-electron chi connectivity index (χ0n) is 13.9. The van der Waals surface area contributed by atoms with E-state index in [1.54, 1.807) is 18.2 Å². The molecule has 0 saturated heterocycles. The molecule has 0 aliphatic heterocycles. The molecule has 0 fully saturated rings. The molecule has 3 aromatic rings. The van der Waals surface area contributed by atoms with Gasteiger partial charge in [-0.2, -0.15) is 10.1 Å². The smallest absolute Gasteiger partial charge is 0.240 e. The van der Waals surface area contributed by atoms with Gasteiger partial charge in [-0.25, -0.2) is 4.68 Å². The van der Waals surface area contributed by atoms with Crippen molar-refractivity contribution in [3.8, 4) is 22.4 Å². The first-order valence-corrected chi connectivity index (χ1v) is 9.94. The third kappa shape index (κ3) is 4.67. The summed E-state index contributed by atoms with van der Waals surface area (Å²) < 4.78 is -0.490. The maximum absolute atomic E-state index is 7.93. The molecule has 0 radical (unpaired) electrons. The fourth-order valence-electron chi connectivity index (χ4n) is 2.57. The van der Waals surface area contributed by atoms with Crippen molar-refractivity contribution in [2.75, 3.05) is 5.73 Å². The van der Waals surface area contributed by atoms with Gasteiger partial charge < -0.3 is 5.73 Å². The molecule has 2 aromatic carbocycles. The summed E-state index contributed by atoms with van der Waals surface area (Å²) in [6.07, 6.45) is 0. The number of rotatable bonds is 3. The zero-order valence-corrected chi connectivity index (χ0v) is 18.4. The third-order valence-corrected chi connectivity index (χ3v) is 5.30. The average molecular weight is 498 g/mol. The molecule has 0 aliphatic rings. The van der Waals surface area contributed by atoms with Crippen molar-refractivity contribution in [3.63, 3.8) is 0 Å². The van der Waals surface area contributed by atoms with E-state index in [-0.39, 0.29) is 23.0 Å². The topological polar surface area (TPSA) is 80.6 Å². The van der Waals surface area contributed by atoms with Gasteiger partial charge in [0.25, 0.3) is 0 Å². The monoisotopic (exact) mass is 495 g/mol. The summed E-state index contributed by atoms with van der Waals surface area (Å²) in [5, 5.41) is 13.2. The van der Waals surface area contributed by atoms with Gasteiger partial charge in [0.2, 0.25) is 9.41 Å². The van der Waals surface area contributed by atoms with Crippen molar-refractivity contribution in [1.82, 2.24) is 14.8 Å². The number of nitrogen functional groups attached to an aromatic ring is 1. The SMILES string of the molecule is N=c1nc(N)c(-c2ccccc2-c2cc(Cl)c(Cl)c(Cl)c2)nn1CC(Cl)(Cl)Cl. The van der Waals surface area contributed by atoms with Crippen LogP contribution in [0, 0.1) is 5.41 Å². The van der Waals surface area contributed by atoms with E-state index in [9.17, 15) is 0 Å². The number of aromatic nitrogens is 3. The van der Waals surface area contributed by atoms with E-state index in [1.807, 2.05) is 18.2 Å². The van der Waals surface area contributed by atoms with Crippen LogP contribution >= 0.6 is 69.6 Å². The molecule has 1 aromatic heterocycles. The highest BCUT2D eigenvalue weighted by molar-refractivity contribution is 6.67. The number of nitrogens with zero attached hydrogens (tertiary/aromatic N) is 3. The van der Waals surface area contributed by atoms with Crippen molar-refractivity contribution >= 4 is 75.4 Å².